The molecule has 0 saturated heterocycles. The third-order valence-electron chi connectivity index (χ3n) is 2.62. The Morgan fingerprint density at radius 3 is 2.56 bits per heavy atom. The standard InChI is InChI=1S/C13H12NO2/c1-10-7-8-12(13(9-10)14(15)16)11-5-3-2-4-6-11/h2-9,12H,1H3. The fourth-order valence-electron chi connectivity index (χ4n) is 1.83. The maximum absolute atomic E-state index is 11.0. The summed E-state index contributed by atoms with van der Waals surface area (Å²) in [4.78, 5) is 10.7. The number of benzene rings is 1. The molecule has 0 bridgehead atoms. The highest BCUT2D eigenvalue weighted by Crippen LogP contribution is 2.31. The predicted molar refractivity (Wildman–Crippen MR) is 62.3 cm³/mol. The maximum Gasteiger partial charge on any atom is 0.254 e. The van der Waals surface area contributed by atoms with Crippen LogP contribution < -0.4 is 0 Å². The number of hydrogen-bond acceptors (Lipinski definition) is 2. The second-order valence-electron chi connectivity index (χ2n) is 3.82. The van der Waals surface area contributed by atoms with Crippen LogP contribution in [0.1, 0.15) is 18.4 Å². The summed E-state index contributed by atoms with van der Waals surface area (Å²) in [6, 6.07) is 9.51. The summed E-state index contributed by atoms with van der Waals surface area (Å²) in [7, 11) is 0. The average Bonchev–Trinajstić information content (AvgIpc) is 2.30. The zero-order valence-electron chi connectivity index (χ0n) is 8.96. The van der Waals surface area contributed by atoms with Crippen LogP contribution in [-0.2, 0) is 0 Å². The van der Waals surface area contributed by atoms with E-state index in [1.54, 1.807) is 6.08 Å². The largest absolute Gasteiger partial charge is 0.259 e. The summed E-state index contributed by atoms with van der Waals surface area (Å²) >= 11 is 0. The monoisotopic (exact) mass is 214 g/mol. The van der Waals surface area contributed by atoms with Crippen molar-refractivity contribution in [1.29, 1.82) is 0 Å². The van der Waals surface area contributed by atoms with Gasteiger partial charge >= 0.3 is 0 Å². The molecule has 81 valence electrons. The van der Waals surface area contributed by atoms with Crippen molar-refractivity contribution in [2.75, 3.05) is 0 Å². The van der Waals surface area contributed by atoms with Gasteiger partial charge in [-0.1, -0.05) is 49.4 Å². The lowest BCUT2D eigenvalue weighted by Crippen LogP contribution is -2.12. The van der Waals surface area contributed by atoms with Crippen LogP contribution in [0.2, 0.25) is 0 Å². The van der Waals surface area contributed by atoms with Crippen molar-refractivity contribution in [3.8, 4) is 0 Å². The number of nitro groups is 1. The van der Waals surface area contributed by atoms with E-state index in [4.69, 9.17) is 0 Å². The Morgan fingerprint density at radius 1 is 1.25 bits per heavy atom. The number of hydrogen-bond donors (Lipinski definition) is 0. The molecule has 0 amide bonds. The highest BCUT2D eigenvalue weighted by molar-refractivity contribution is 5.40. The molecule has 2 rings (SSSR count). The summed E-state index contributed by atoms with van der Waals surface area (Å²) in [5, 5.41) is 11.0. The Bertz CT molecular complexity index is 448. The first-order valence-electron chi connectivity index (χ1n) is 5.11. The first-order chi connectivity index (χ1) is 7.68. The van der Waals surface area contributed by atoms with E-state index in [1.807, 2.05) is 49.4 Å². The molecule has 3 nitrogen and oxygen atoms in total. The van der Waals surface area contributed by atoms with Gasteiger partial charge in [-0.3, -0.25) is 10.1 Å². The van der Waals surface area contributed by atoms with Crippen LogP contribution in [0.25, 0.3) is 0 Å². The number of nitrogens with zero attached hydrogens (tertiary/aromatic N) is 1. The highest BCUT2D eigenvalue weighted by atomic mass is 16.6. The van der Waals surface area contributed by atoms with E-state index in [2.05, 4.69) is 0 Å². The van der Waals surface area contributed by atoms with E-state index in [0.717, 1.165) is 11.5 Å². The smallest absolute Gasteiger partial charge is 0.254 e. The molecule has 0 spiro atoms. The summed E-state index contributed by atoms with van der Waals surface area (Å²) in [6.45, 7) is 1.86. The van der Waals surface area contributed by atoms with Gasteiger partial charge in [-0.05, 0) is 5.56 Å². The van der Waals surface area contributed by atoms with Crippen LogP contribution in [0, 0.1) is 16.0 Å². The van der Waals surface area contributed by atoms with Crippen molar-refractivity contribution in [2.45, 2.75) is 12.8 Å². The summed E-state index contributed by atoms with van der Waals surface area (Å²) in [5.41, 5.74) is 1.19. The van der Waals surface area contributed by atoms with Gasteiger partial charge < -0.3 is 0 Å². The molecule has 0 aromatic heterocycles. The molecule has 1 aromatic rings. The van der Waals surface area contributed by atoms with E-state index < -0.39 is 0 Å². The van der Waals surface area contributed by atoms with Crippen molar-refractivity contribution >= 4 is 0 Å². The minimum Gasteiger partial charge on any atom is -0.259 e. The van der Waals surface area contributed by atoms with Gasteiger partial charge in [0, 0.05) is 12.0 Å². The van der Waals surface area contributed by atoms with E-state index in [0.29, 0.717) is 0 Å². The maximum atomic E-state index is 11.0. The number of rotatable bonds is 2. The van der Waals surface area contributed by atoms with Gasteiger partial charge in [-0.25, -0.2) is 0 Å². The molecule has 3 heteroatoms. The van der Waals surface area contributed by atoms with Crippen LogP contribution in [0.15, 0.2) is 54.3 Å². The van der Waals surface area contributed by atoms with Crippen molar-refractivity contribution in [1.82, 2.24) is 0 Å². The van der Waals surface area contributed by atoms with Gasteiger partial charge in [0.25, 0.3) is 5.70 Å². The van der Waals surface area contributed by atoms with E-state index in [-0.39, 0.29) is 16.5 Å². The van der Waals surface area contributed by atoms with Crippen LogP contribution in [0.4, 0.5) is 0 Å². The molecular formula is C13H12NO2. The Labute approximate surface area is 94.3 Å². The molecule has 1 aromatic carbocycles. The van der Waals surface area contributed by atoms with Gasteiger partial charge in [0.15, 0.2) is 0 Å². The lowest BCUT2D eigenvalue weighted by atomic mass is 9.88. The van der Waals surface area contributed by atoms with Crippen LogP contribution >= 0.6 is 0 Å². The molecule has 0 fully saturated rings. The van der Waals surface area contributed by atoms with Gasteiger partial charge in [-0.15, -0.1) is 0 Å². The minimum absolute atomic E-state index is 0.236. The Morgan fingerprint density at radius 2 is 1.94 bits per heavy atom. The SMILES string of the molecule is C[C]1C=CC(c2ccccc2)C([N+](=O)[O-])=C1. The Kier molecular flexibility index (Phi) is 2.86. The predicted octanol–water partition coefficient (Wildman–Crippen LogP) is 3.09. The van der Waals surface area contributed by atoms with Gasteiger partial charge in [0.05, 0.1) is 10.8 Å². The van der Waals surface area contributed by atoms with Crippen LogP contribution in [0.3, 0.4) is 0 Å². The van der Waals surface area contributed by atoms with Crippen molar-refractivity contribution in [3.05, 3.63) is 75.9 Å². The van der Waals surface area contributed by atoms with E-state index in [1.165, 1.54) is 0 Å². The normalized spacial score (nSPS) is 20.6. The zero-order chi connectivity index (χ0) is 11.5. The van der Waals surface area contributed by atoms with E-state index >= 15 is 0 Å². The lowest BCUT2D eigenvalue weighted by molar-refractivity contribution is -0.429. The molecule has 0 aliphatic heterocycles. The van der Waals surface area contributed by atoms with Gasteiger partial charge in [-0.2, -0.15) is 0 Å². The second-order valence-corrected chi connectivity index (χ2v) is 3.82. The molecule has 1 aliphatic rings. The van der Waals surface area contributed by atoms with Crippen molar-refractivity contribution in [2.24, 2.45) is 0 Å². The van der Waals surface area contributed by atoms with Gasteiger partial charge in [0.1, 0.15) is 0 Å². The topological polar surface area (TPSA) is 43.1 Å². The summed E-state index contributed by atoms with van der Waals surface area (Å²) in [6.07, 6.45) is 5.44. The Hall–Kier alpha value is -1.90. The molecule has 0 N–H and O–H groups in total. The summed E-state index contributed by atoms with van der Waals surface area (Å²) in [5.74, 6) is 0.679. The first kappa shape index (κ1) is 10.6. The fraction of sp³-hybridized carbons (Fsp3) is 0.154. The molecule has 1 radical (unpaired) electrons. The van der Waals surface area contributed by atoms with Crippen molar-refractivity contribution < 1.29 is 4.92 Å². The van der Waals surface area contributed by atoms with Crippen LogP contribution in [0.5, 0.6) is 0 Å². The second kappa shape index (κ2) is 4.31. The molecule has 0 heterocycles. The third kappa shape index (κ3) is 2.03. The molecular weight excluding hydrogens is 202 g/mol. The third-order valence-corrected chi connectivity index (χ3v) is 2.62. The highest BCUT2D eigenvalue weighted by Gasteiger charge is 2.27. The van der Waals surface area contributed by atoms with Crippen LogP contribution in [-0.4, -0.2) is 4.92 Å². The first-order valence-corrected chi connectivity index (χ1v) is 5.11. The van der Waals surface area contributed by atoms with E-state index in [9.17, 15) is 10.1 Å². The fourth-order valence-corrected chi connectivity index (χ4v) is 1.83. The molecule has 1 atom stereocenters. The molecule has 1 aliphatic carbocycles. The minimum atomic E-state index is -0.301. The quantitative estimate of drug-likeness (QED) is 0.560. The van der Waals surface area contributed by atoms with Gasteiger partial charge in [0.2, 0.25) is 0 Å². The molecule has 0 saturated carbocycles. The molecule has 1 unspecified atom stereocenters. The Balaban J connectivity index is 2.38. The lowest BCUT2D eigenvalue weighted by Gasteiger charge is -2.15. The number of allylic oxidation sites excluding steroid dienone is 3. The average molecular weight is 214 g/mol. The zero-order valence-corrected chi connectivity index (χ0v) is 8.96. The van der Waals surface area contributed by atoms with Crippen molar-refractivity contribution in [3.63, 3.8) is 0 Å². The molecule has 16 heavy (non-hydrogen) atoms. The summed E-state index contributed by atoms with van der Waals surface area (Å²) < 4.78 is 0.